The van der Waals surface area contributed by atoms with Gasteiger partial charge in [0.25, 0.3) is 0 Å². The van der Waals surface area contributed by atoms with Gasteiger partial charge in [-0.1, -0.05) is 11.6 Å². The van der Waals surface area contributed by atoms with E-state index in [1.54, 1.807) is 21.9 Å². The van der Waals surface area contributed by atoms with Crippen LogP contribution in [0.15, 0.2) is 48.8 Å². The number of benzene rings is 1. The Morgan fingerprint density at radius 3 is 2.54 bits per heavy atom. The fourth-order valence-electron chi connectivity index (χ4n) is 2.94. The van der Waals surface area contributed by atoms with Crippen LogP contribution in [0, 0.1) is 0 Å². The number of anilines is 1. The smallest absolute Gasteiger partial charge is 0.246 e. The second-order valence-electron chi connectivity index (χ2n) is 6.02. The lowest BCUT2D eigenvalue weighted by atomic mass is 10.1. The van der Waals surface area contributed by atoms with Gasteiger partial charge in [-0.2, -0.15) is 0 Å². The molecule has 1 aliphatic heterocycles. The van der Waals surface area contributed by atoms with E-state index in [2.05, 4.69) is 0 Å². The predicted molar refractivity (Wildman–Crippen MR) is 94.0 cm³/mol. The number of amides is 2. The number of nitrogens with zero attached hydrogens (tertiary/aromatic N) is 3. The highest BCUT2D eigenvalue weighted by Gasteiger charge is 2.32. The Morgan fingerprint density at radius 1 is 1.21 bits per heavy atom. The molecule has 0 N–H and O–H groups in total. The zero-order valence-electron chi connectivity index (χ0n) is 13.6. The number of hydrogen-bond acceptors (Lipinski definition) is 2. The Kier molecular flexibility index (Phi) is 4.90. The molecule has 2 aromatic rings. The van der Waals surface area contributed by atoms with E-state index in [0.717, 1.165) is 5.69 Å². The molecule has 6 heteroatoms. The van der Waals surface area contributed by atoms with E-state index in [9.17, 15) is 9.59 Å². The summed E-state index contributed by atoms with van der Waals surface area (Å²) in [6.45, 7) is 3.22. The van der Waals surface area contributed by atoms with Crippen molar-refractivity contribution in [2.45, 2.75) is 25.9 Å². The van der Waals surface area contributed by atoms with Gasteiger partial charge in [-0.05, 0) is 43.3 Å². The van der Waals surface area contributed by atoms with Gasteiger partial charge >= 0.3 is 0 Å². The first-order valence-corrected chi connectivity index (χ1v) is 8.38. The Bertz CT molecular complexity index is 712. The van der Waals surface area contributed by atoms with E-state index in [0.29, 0.717) is 24.5 Å². The van der Waals surface area contributed by atoms with Crippen LogP contribution in [0.5, 0.6) is 0 Å². The van der Waals surface area contributed by atoms with Crippen LogP contribution >= 0.6 is 11.6 Å². The average molecular weight is 346 g/mol. The molecule has 1 aliphatic rings. The van der Waals surface area contributed by atoms with E-state index in [1.807, 2.05) is 48.1 Å². The third-order valence-electron chi connectivity index (χ3n) is 4.29. The maximum absolute atomic E-state index is 12.5. The second-order valence-corrected chi connectivity index (χ2v) is 6.46. The number of rotatable bonds is 4. The third kappa shape index (κ3) is 3.62. The summed E-state index contributed by atoms with van der Waals surface area (Å²) in [5, 5.41) is 0.637. The molecular weight excluding hydrogens is 326 g/mol. The van der Waals surface area contributed by atoms with Crippen molar-refractivity contribution in [2.24, 2.45) is 0 Å². The Morgan fingerprint density at radius 2 is 1.88 bits per heavy atom. The Labute approximate surface area is 146 Å². The molecule has 0 unspecified atom stereocenters. The summed E-state index contributed by atoms with van der Waals surface area (Å²) < 4.78 is 1.97. The SMILES string of the molecule is C[C@@H]1CN(c2ccc(Cl)cc2)C(=O)CN1C(=O)CCn1cccc1. The fourth-order valence-corrected chi connectivity index (χ4v) is 3.07. The third-order valence-corrected chi connectivity index (χ3v) is 4.55. The van der Waals surface area contributed by atoms with Crippen LogP contribution in [0.3, 0.4) is 0 Å². The van der Waals surface area contributed by atoms with Crippen LogP contribution in [-0.2, 0) is 16.1 Å². The van der Waals surface area contributed by atoms with Gasteiger partial charge < -0.3 is 14.4 Å². The van der Waals surface area contributed by atoms with Crippen LogP contribution in [0.1, 0.15) is 13.3 Å². The zero-order valence-corrected chi connectivity index (χ0v) is 14.3. The largest absolute Gasteiger partial charge is 0.354 e. The van der Waals surface area contributed by atoms with Gasteiger partial charge in [0.2, 0.25) is 11.8 Å². The summed E-state index contributed by atoms with van der Waals surface area (Å²) in [4.78, 5) is 28.3. The molecule has 0 spiro atoms. The van der Waals surface area contributed by atoms with Crippen LogP contribution in [-0.4, -0.2) is 40.4 Å². The lowest BCUT2D eigenvalue weighted by Gasteiger charge is -2.39. The van der Waals surface area contributed by atoms with Crippen molar-refractivity contribution >= 4 is 29.1 Å². The van der Waals surface area contributed by atoms with Crippen molar-refractivity contribution in [3.63, 3.8) is 0 Å². The van der Waals surface area contributed by atoms with E-state index in [1.165, 1.54) is 0 Å². The summed E-state index contributed by atoms with van der Waals surface area (Å²) in [6, 6.07) is 11.0. The molecule has 0 aliphatic carbocycles. The Hall–Kier alpha value is -2.27. The molecule has 24 heavy (non-hydrogen) atoms. The first kappa shape index (κ1) is 16.6. The molecule has 2 heterocycles. The lowest BCUT2D eigenvalue weighted by Crippen LogP contribution is -2.57. The number of carbonyl (C=O) groups is 2. The van der Waals surface area contributed by atoms with Gasteiger partial charge in [0.15, 0.2) is 0 Å². The minimum Gasteiger partial charge on any atom is -0.354 e. The first-order valence-electron chi connectivity index (χ1n) is 8.01. The van der Waals surface area contributed by atoms with Crippen LogP contribution in [0.25, 0.3) is 0 Å². The topological polar surface area (TPSA) is 45.6 Å². The zero-order chi connectivity index (χ0) is 17.1. The quantitative estimate of drug-likeness (QED) is 0.855. The average Bonchev–Trinajstić information content (AvgIpc) is 3.09. The molecule has 0 radical (unpaired) electrons. The summed E-state index contributed by atoms with van der Waals surface area (Å²) >= 11 is 5.90. The van der Waals surface area contributed by atoms with Crippen molar-refractivity contribution in [1.82, 2.24) is 9.47 Å². The summed E-state index contributed by atoms with van der Waals surface area (Å²) in [5.74, 6) is -0.0509. The highest BCUT2D eigenvalue weighted by atomic mass is 35.5. The van der Waals surface area contributed by atoms with Crippen LogP contribution in [0.4, 0.5) is 5.69 Å². The van der Waals surface area contributed by atoms with Crippen LogP contribution < -0.4 is 4.90 Å². The van der Waals surface area contributed by atoms with Gasteiger partial charge in [0, 0.05) is 48.7 Å². The first-order chi connectivity index (χ1) is 11.5. The van der Waals surface area contributed by atoms with E-state index < -0.39 is 0 Å². The summed E-state index contributed by atoms with van der Waals surface area (Å²) in [5.41, 5.74) is 0.815. The van der Waals surface area contributed by atoms with Crippen LogP contribution in [0.2, 0.25) is 5.02 Å². The number of piperazine rings is 1. The van der Waals surface area contributed by atoms with Crippen molar-refractivity contribution < 1.29 is 9.59 Å². The molecule has 0 saturated carbocycles. The minimum absolute atomic E-state index is 0.0142. The molecular formula is C18H20ClN3O2. The number of hydrogen-bond donors (Lipinski definition) is 0. The van der Waals surface area contributed by atoms with E-state index in [-0.39, 0.29) is 24.4 Å². The minimum atomic E-state index is -0.0651. The highest BCUT2D eigenvalue weighted by molar-refractivity contribution is 6.30. The number of aryl methyl sites for hydroxylation is 1. The molecule has 126 valence electrons. The molecule has 1 saturated heterocycles. The monoisotopic (exact) mass is 345 g/mol. The number of carbonyl (C=O) groups excluding carboxylic acids is 2. The molecule has 2 amide bonds. The lowest BCUT2D eigenvalue weighted by molar-refractivity contribution is -0.139. The van der Waals surface area contributed by atoms with Gasteiger partial charge in [-0.3, -0.25) is 9.59 Å². The molecule has 1 atom stereocenters. The van der Waals surface area contributed by atoms with Gasteiger partial charge in [-0.25, -0.2) is 0 Å². The van der Waals surface area contributed by atoms with E-state index in [4.69, 9.17) is 11.6 Å². The van der Waals surface area contributed by atoms with Gasteiger partial charge in [0.1, 0.15) is 6.54 Å². The maximum atomic E-state index is 12.5. The Balaban J connectivity index is 1.63. The predicted octanol–water partition coefficient (Wildman–Crippen LogP) is 2.80. The van der Waals surface area contributed by atoms with E-state index >= 15 is 0 Å². The van der Waals surface area contributed by atoms with Crippen molar-refractivity contribution in [3.8, 4) is 0 Å². The molecule has 0 bridgehead atoms. The maximum Gasteiger partial charge on any atom is 0.246 e. The van der Waals surface area contributed by atoms with Gasteiger partial charge in [-0.15, -0.1) is 0 Å². The normalized spacial score (nSPS) is 18.1. The number of halogens is 1. The second kappa shape index (κ2) is 7.09. The fraction of sp³-hybridized carbons (Fsp3) is 0.333. The van der Waals surface area contributed by atoms with Crippen molar-refractivity contribution in [2.75, 3.05) is 18.0 Å². The van der Waals surface area contributed by atoms with Crippen molar-refractivity contribution in [3.05, 3.63) is 53.8 Å². The molecule has 5 nitrogen and oxygen atoms in total. The molecule has 1 fully saturated rings. The molecule has 1 aromatic heterocycles. The molecule has 1 aromatic carbocycles. The summed E-state index contributed by atoms with van der Waals surface area (Å²) in [7, 11) is 0. The highest BCUT2D eigenvalue weighted by Crippen LogP contribution is 2.22. The van der Waals surface area contributed by atoms with Crippen molar-refractivity contribution in [1.29, 1.82) is 0 Å². The molecule has 3 rings (SSSR count). The summed E-state index contributed by atoms with van der Waals surface area (Å²) in [6.07, 6.45) is 4.26. The standard InChI is InChI=1S/C18H20ClN3O2/c1-14-12-22(16-6-4-15(19)5-7-16)18(24)13-21(14)17(23)8-11-20-9-2-3-10-20/h2-7,9-10,14H,8,11-13H2,1H3/t14-/m1/s1. The van der Waals surface area contributed by atoms with Gasteiger partial charge in [0.05, 0.1) is 0 Å². The number of aromatic nitrogens is 1.